The van der Waals surface area contributed by atoms with E-state index in [1.54, 1.807) is 11.8 Å². The number of hydrogen-bond donors (Lipinski definition) is 1. The van der Waals surface area contributed by atoms with E-state index in [9.17, 15) is 4.79 Å². The molecule has 1 aliphatic heterocycles. The Morgan fingerprint density at radius 1 is 1.44 bits per heavy atom. The van der Waals surface area contributed by atoms with E-state index in [0.717, 1.165) is 30.7 Å². The fourth-order valence-corrected chi connectivity index (χ4v) is 2.81. The van der Waals surface area contributed by atoms with Gasteiger partial charge in [0.1, 0.15) is 0 Å². The summed E-state index contributed by atoms with van der Waals surface area (Å²) in [6, 6.07) is 8.06. The van der Waals surface area contributed by atoms with E-state index in [1.165, 1.54) is 5.56 Å². The predicted molar refractivity (Wildman–Crippen MR) is 76.8 cm³/mol. The molecule has 98 valence electrons. The van der Waals surface area contributed by atoms with Crippen LogP contribution in [0.5, 0.6) is 0 Å². The first-order chi connectivity index (χ1) is 8.70. The first kappa shape index (κ1) is 13.4. The minimum absolute atomic E-state index is 0.112. The van der Waals surface area contributed by atoms with E-state index in [1.807, 2.05) is 29.2 Å². The molecule has 4 heteroatoms. The molecule has 1 saturated heterocycles. The number of amides is 1. The first-order valence-corrected chi connectivity index (χ1v) is 7.73. The number of likely N-dealkylation sites (tertiary alicyclic amines) is 1. The third kappa shape index (κ3) is 3.27. The van der Waals surface area contributed by atoms with Gasteiger partial charge in [0.25, 0.3) is 5.91 Å². The average molecular weight is 264 g/mol. The number of rotatable bonds is 3. The largest absolute Gasteiger partial charge is 0.337 e. The molecular formula is C14H20N2OS. The number of benzene rings is 1. The number of nitrogens with two attached hydrogens (primary N) is 1. The van der Waals surface area contributed by atoms with Crippen LogP contribution >= 0.6 is 11.8 Å². The first-order valence-electron chi connectivity index (χ1n) is 6.33. The molecule has 1 aromatic rings. The fraction of sp³-hybridized carbons (Fsp3) is 0.500. The van der Waals surface area contributed by atoms with Gasteiger partial charge in [0, 0.05) is 30.4 Å². The second kappa shape index (κ2) is 6.25. The summed E-state index contributed by atoms with van der Waals surface area (Å²) in [4.78, 5) is 14.2. The molecule has 0 radical (unpaired) electrons. The van der Waals surface area contributed by atoms with Gasteiger partial charge in [0.15, 0.2) is 0 Å². The Labute approximate surface area is 113 Å². The standard InChI is InChI=1S/C14H20N2OS/c1-18-10-11-4-6-12(7-5-11)14(17)16-8-2-3-13(15)9-16/h4-7,13H,2-3,8-10,15H2,1H3. The van der Waals surface area contributed by atoms with Gasteiger partial charge in [-0.15, -0.1) is 0 Å². The zero-order chi connectivity index (χ0) is 13.0. The van der Waals surface area contributed by atoms with Crippen molar-refractivity contribution >= 4 is 17.7 Å². The molecular weight excluding hydrogens is 244 g/mol. The maximum Gasteiger partial charge on any atom is 0.253 e. The van der Waals surface area contributed by atoms with Crippen molar-refractivity contribution in [2.45, 2.75) is 24.6 Å². The Hall–Kier alpha value is -1.00. The molecule has 0 aromatic heterocycles. The van der Waals surface area contributed by atoms with Crippen molar-refractivity contribution in [1.29, 1.82) is 0 Å². The monoisotopic (exact) mass is 264 g/mol. The highest BCUT2D eigenvalue weighted by Gasteiger charge is 2.21. The summed E-state index contributed by atoms with van der Waals surface area (Å²) < 4.78 is 0. The lowest BCUT2D eigenvalue weighted by atomic mass is 10.0. The van der Waals surface area contributed by atoms with Crippen LogP contribution in [0.1, 0.15) is 28.8 Å². The number of nitrogens with zero attached hydrogens (tertiary/aromatic N) is 1. The zero-order valence-electron chi connectivity index (χ0n) is 10.8. The molecule has 0 aliphatic carbocycles. The summed E-state index contributed by atoms with van der Waals surface area (Å²) in [6.07, 6.45) is 4.11. The van der Waals surface area contributed by atoms with Crippen LogP contribution in [0.4, 0.5) is 0 Å². The molecule has 3 nitrogen and oxygen atoms in total. The van der Waals surface area contributed by atoms with E-state index in [2.05, 4.69) is 6.26 Å². The number of hydrogen-bond acceptors (Lipinski definition) is 3. The molecule has 1 unspecified atom stereocenters. The van der Waals surface area contributed by atoms with Gasteiger partial charge >= 0.3 is 0 Å². The molecule has 1 aromatic carbocycles. The highest BCUT2D eigenvalue weighted by molar-refractivity contribution is 7.97. The number of carbonyl (C=O) groups excluding carboxylic acids is 1. The molecule has 1 fully saturated rings. The molecule has 1 heterocycles. The van der Waals surface area contributed by atoms with Gasteiger partial charge < -0.3 is 10.6 Å². The minimum atomic E-state index is 0.112. The van der Waals surface area contributed by atoms with Crippen molar-refractivity contribution in [3.8, 4) is 0 Å². The van der Waals surface area contributed by atoms with Crippen LogP contribution in [0, 0.1) is 0 Å². The number of thioether (sulfide) groups is 1. The quantitative estimate of drug-likeness (QED) is 0.909. The molecule has 1 atom stereocenters. The zero-order valence-corrected chi connectivity index (χ0v) is 11.6. The van der Waals surface area contributed by atoms with Crippen molar-refractivity contribution in [2.75, 3.05) is 19.3 Å². The van der Waals surface area contributed by atoms with Crippen LogP contribution in [0.15, 0.2) is 24.3 Å². The van der Waals surface area contributed by atoms with Crippen molar-refractivity contribution in [3.63, 3.8) is 0 Å². The normalized spacial score (nSPS) is 19.9. The van der Waals surface area contributed by atoms with Gasteiger partial charge in [-0.05, 0) is 36.8 Å². The van der Waals surface area contributed by atoms with E-state index < -0.39 is 0 Å². The summed E-state index contributed by atoms with van der Waals surface area (Å²) >= 11 is 1.79. The van der Waals surface area contributed by atoms with Gasteiger partial charge in [-0.3, -0.25) is 4.79 Å². The number of piperidine rings is 1. The lowest BCUT2D eigenvalue weighted by molar-refractivity contribution is 0.0709. The second-order valence-electron chi connectivity index (χ2n) is 4.78. The molecule has 1 amide bonds. The smallest absolute Gasteiger partial charge is 0.253 e. The van der Waals surface area contributed by atoms with Crippen LogP contribution < -0.4 is 5.73 Å². The topological polar surface area (TPSA) is 46.3 Å². The Kier molecular flexibility index (Phi) is 4.66. The van der Waals surface area contributed by atoms with Crippen molar-refractivity contribution in [3.05, 3.63) is 35.4 Å². The molecule has 2 N–H and O–H groups in total. The predicted octanol–water partition coefficient (Wildman–Crippen LogP) is 2.11. The molecule has 1 aliphatic rings. The number of carbonyl (C=O) groups is 1. The summed E-state index contributed by atoms with van der Waals surface area (Å²) in [5, 5.41) is 0. The van der Waals surface area contributed by atoms with Gasteiger partial charge in [0.2, 0.25) is 0 Å². The summed E-state index contributed by atoms with van der Waals surface area (Å²) in [5.74, 6) is 1.10. The average Bonchev–Trinajstić information content (AvgIpc) is 2.39. The molecule has 0 bridgehead atoms. The fourth-order valence-electron chi connectivity index (χ4n) is 2.29. The maximum atomic E-state index is 12.3. The van der Waals surface area contributed by atoms with Crippen molar-refractivity contribution in [2.24, 2.45) is 5.73 Å². The summed E-state index contributed by atoms with van der Waals surface area (Å²) in [7, 11) is 0. The summed E-state index contributed by atoms with van der Waals surface area (Å²) in [6.45, 7) is 1.52. The van der Waals surface area contributed by atoms with Crippen molar-refractivity contribution in [1.82, 2.24) is 4.90 Å². The summed E-state index contributed by atoms with van der Waals surface area (Å²) in [5.41, 5.74) is 7.94. The third-order valence-corrected chi connectivity index (χ3v) is 3.88. The van der Waals surface area contributed by atoms with Gasteiger partial charge in [-0.2, -0.15) is 11.8 Å². The SMILES string of the molecule is CSCc1ccc(C(=O)N2CCCC(N)C2)cc1. The maximum absolute atomic E-state index is 12.3. The van der Waals surface area contributed by atoms with Gasteiger partial charge in [-0.1, -0.05) is 12.1 Å². The van der Waals surface area contributed by atoms with E-state index in [4.69, 9.17) is 5.73 Å². The lowest BCUT2D eigenvalue weighted by Gasteiger charge is -2.30. The van der Waals surface area contributed by atoms with Crippen LogP contribution in [-0.2, 0) is 5.75 Å². The van der Waals surface area contributed by atoms with Crippen LogP contribution in [0.3, 0.4) is 0 Å². The van der Waals surface area contributed by atoms with Gasteiger partial charge in [-0.25, -0.2) is 0 Å². The van der Waals surface area contributed by atoms with Crippen LogP contribution in [0.25, 0.3) is 0 Å². The molecule has 18 heavy (non-hydrogen) atoms. The highest BCUT2D eigenvalue weighted by atomic mass is 32.2. The Morgan fingerprint density at radius 3 is 2.78 bits per heavy atom. The molecule has 0 spiro atoms. The highest BCUT2D eigenvalue weighted by Crippen LogP contribution is 2.15. The van der Waals surface area contributed by atoms with E-state index in [0.29, 0.717) is 6.54 Å². The third-order valence-electron chi connectivity index (χ3n) is 3.26. The van der Waals surface area contributed by atoms with E-state index in [-0.39, 0.29) is 11.9 Å². The van der Waals surface area contributed by atoms with Crippen molar-refractivity contribution < 1.29 is 4.79 Å². The Balaban J connectivity index is 2.03. The molecule has 2 rings (SSSR count). The van der Waals surface area contributed by atoms with Gasteiger partial charge in [0.05, 0.1) is 0 Å². The lowest BCUT2D eigenvalue weighted by Crippen LogP contribution is -2.45. The molecule has 0 saturated carbocycles. The minimum Gasteiger partial charge on any atom is -0.337 e. The Bertz CT molecular complexity index is 405. The van der Waals surface area contributed by atoms with E-state index >= 15 is 0 Å². The van der Waals surface area contributed by atoms with Crippen LogP contribution in [0.2, 0.25) is 0 Å². The van der Waals surface area contributed by atoms with Crippen LogP contribution in [-0.4, -0.2) is 36.2 Å². The second-order valence-corrected chi connectivity index (χ2v) is 5.65. The Morgan fingerprint density at radius 2 is 2.17 bits per heavy atom.